The summed E-state index contributed by atoms with van der Waals surface area (Å²) in [5.41, 5.74) is 0. The highest BCUT2D eigenvalue weighted by Gasteiger charge is 2.30. The van der Waals surface area contributed by atoms with Crippen molar-refractivity contribution in [3.8, 4) is 0 Å². The van der Waals surface area contributed by atoms with Gasteiger partial charge >= 0.3 is 0 Å². The molecule has 1 aliphatic carbocycles. The molecule has 0 aromatic rings. The maximum Gasteiger partial charge on any atom is 0.0671 e. The van der Waals surface area contributed by atoms with Crippen LogP contribution in [0.25, 0.3) is 0 Å². The molecule has 0 aromatic carbocycles. The molecular formula is C11H23NO2. The van der Waals surface area contributed by atoms with Crippen molar-refractivity contribution in [2.45, 2.75) is 38.8 Å². The molecule has 0 bridgehead atoms. The standard InChI is InChI=1S/C11H23NO2/c1-4-14-9(2)7-12-11(8-13-3)10-5-6-10/h9-12H,4-8H2,1-3H3. The summed E-state index contributed by atoms with van der Waals surface area (Å²) >= 11 is 0. The predicted molar refractivity (Wildman–Crippen MR) is 57.5 cm³/mol. The van der Waals surface area contributed by atoms with E-state index in [1.54, 1.807) is 7.11 Å². The van der Waals surface area contributed by atoms with Crippen molar-refractivity contribution in [3.05, 3.63) is 0 Å². The van der Waals surface area contributed by atoms with Gasteiger partial charge in [-0.15, -0.1) is 0 Å². The minimum Gasteiger partial charge on any atom is -0.383 e. The quantitative estimate of drug-likeness (QED) is 0.644. The Morgan fingerprint density at radius 3 is 2.64 bits per heavy atom. The molecule has 0 aliphatic heterocycles. The summed E-state index contributed by atoms with van der Waals surface area (Å²) in [6.45, 7) is 6.68. The molecule has 14 heavy (non-hydrogen) atoms. The maximum absolute atomic E-state index is 5.47. The predicted octanol–water partition coefficient (Wildman–Crippen LogP) is 1.43. The van der Waals surface area contributed by atoms with Gasteiger partial charge in [-0.3, -0.25) is 0 Å². The van der Waals surface area contributed by atoms with E-state index in [-0.39, 0.29) is 0 Å². The molecule has 3 nitrogen and oxygen atoms in total. The molecule has 2 atom stereocenters. The van der Waals surface area contributed by atoms with Crippen molar-refractivity contribution in [2.24, 2.45) is 5.92 Å². The van der Waals surface area contributed by atoms with Crippen LogP contribution in [0.5, 0.6) is 0 Å². The summed E-state index contributed by atoms with van der Waals surface area (Å²) in [5, 5.41) is 3.52. The molecule has 1 rings (SSSR count). The Hall–Kier alpha value is -0.120. The fraction of sp³-hybridized carbons (Fsp3) is 1.00. The van der Waals surface area contributed by atoms with Gasteiger partial charge in [0.05, 0.1) is 12.7 Å². The van der Waals surface area contributed by atoms with E-state index < -0.39 is 0 Å². The number of hydrogen-bond donors (Lipinski definition) is 1. The van der Waals surface area contributed by atoms with Gasteiger partial charge in [0.2, 0.25) is 0 Å². The Morgan fingerprint density at radius 1 is 1.43 bits per heavy atom. The van der Waals surface area contributed by atoms with E-state index >= 15 is 0 Å². The molecule has 1 N–H and O–H groups in total. The Labute approximate surface area is 87.2 Å². The van der Waals surface area contributed by atoms with Gasteiger partial charge in [0, 0.05) is 26.3 Å². The SMILES string of the molecule is CCOC(C)CNC(COC)C1CC1. The van der Waals surface area contributed by atoms with E-state index in [4.69, 9.17) is 9.47 Å². The molecule has 1 aliphatic rings. The van der Waals surface area contributed by atoms with Crippen LogP contribution in [0, 0.1) is 5.92 Å². The third kappa shape index (κ3) is 4.40. The molecule has 0 radical (unpaired) electrons. The molecule has 0 spiro atoms. The van der Waals surface area contributed by atoms with Crippen molar-refractivity contribution in [1.82, 2.24) is 5.32 Å². The second-order valence-electron chi connectivity index (χ2n) is 4.07. The number of rotatable bonds is 8. The average molecular weight is 201 g/mol. The lowest BCUT2D eigenvalue weighted by Crippen LogP contribution is -2.39. The van der Waals surface area contributed by atoms with Crippen molar-refractivity contribution in [1.29, 1.82) is 0 Å². The van der Waals surface area contributed by atoms with Crippen LogP contribution in [-0.2, 0) is 9.47 Å². The maximum atomic E-state index is 5.47. The van der Waals surface area contributed by atoms with Gasteiger partial charge in [0.25, 0.3) is 0 Å². The highest BCUT2D eigenvalue weighted by atomic mass is 16.5. The second-order valence-corrected chi connectivity index (χ2v) is 4.07. The first-order chi connectivity index (χ1) is 6.77. The van der Waals surface area contributed by atoms with Gasteiger partial charge in [-0.2, -0.15) is 0 Å². The van der Waals surface area contributed by atoms with Crippen LogP contribution >= 0.6 is 0 Å². The van der Waals surface area contributed by atoms with Gasteiger partial charge < -0.3 is 14.8 Å². The summed E-state index contributed by atoms with van der Waals surface area (Å²) in [4.78, 5) is 0. The second kappa shape index (κ2) is 6.38. The molecule has 0 saturated heterocycles. The molecule has 0 amide bonds. The first kappa shape index (κ1) is 12.0. The topological polar surface area (TPSA) is 30.5 Å². The highest BCUT2D eigenvalue weighted by molar-refractivity contribution is 4.86. The summed E-state index contributed by atoms with van der Waals surface area (Å²) in [6, 6.07) is 0.530. The van der Waals surface area contributed by atoms with Crippen LogP contribution in [0.15, 0.2) is 0 Å². The molecule has 0 heterocycles. The Morgan fingerprint density at radius 2 is 2.14 bits per heavy atom. The first-order valence-electron chi connectivity index (χ1n) is 5.61. The van der Waals surface area contributed by atoms with E-state index in [0.29, 0.717) is 12.1 Å². The molecule has 3 heteroatoms. The molecule has 84 valence electrons. The number of methoxy groups -OCH3 is 1. The van der Waals surface area contributed by atoms with Crippen LogP contribution in [0.3, 0.4) is 0 Å². The number of hydrogen-bond acceptors (Lipinski definition) is 3. The minimum atomic E-state index is 0.304. The molecule has 2 unspecified atom stereocenters. The Kier molecular flexibility index (Phi) is 5.45. The normalized spacial score (nSPS) is 20.8. The minimum absolute atomic E-state index is 0.304. The molecular weight excluding hydrogens is 178 g/mol. The van der Waals surface area contributed by atoms with Crippen molar-refractivity contribution < 1.29 is 9.47 Å². The van der Waals surface area contributed by atoms with Gasteiger partial charge in [0.1, 0.15) is 0 Å². The zero-order valence-corrected chi connectivity index (χ0v) is 9.58. The van der Waals surface area contributed by atoms with Crippen molar-refractivity contribution in [2.75, 3.05) is 26.9 Å². The molecule has 1 saturated carbocycles. The fourth-order valence-corrected chi connectivity index (χ4v) is 1.70. The monoisotopic (exact) mass is 201 g/mol. The van der Waals surface area contributed by atoms with E-state index in [1.807, 2.05) is 6.92 Å². The van der Waals surface area contributed by atoms with Crippen LogP contribution < -0.4 is 5.32 Å². The summed E-state index contributed by atoms with van der Waals surface area (Å²) in [7, 11) is 1.77. The van der Waals surface area contributed by atoms with E-state index in [9.17, 15) is 0 Å². The lowest BCUT2D eigenvalue weighted by Gasteiger charge is -2.20. The van der Waals surface area contributed by atoms with Crippen LogP contribution in [0.1, 0.15) is 26.7 Å². The van der Waals surface area contributed by atoms with Crippen LogP contribution in [0.4, 0.5) is 0 Å². The summed E-state index contributed by atoms with van der Waals surface area (Å²) in [5.74, 6) is 0.837. The lowest BCUT2D eigenvalue weighted by atomic mass is 10.2. The zero-order chi connectivity index (χ0) is 10.4. The summed E-state index contributed by atoms with van der Waals surface area (Å²) < 4.78 is 10.7. The van der Waals surface area contributed by atoms with E-state index in [0.717, 1.165) is 25.7 Å². The molecule has 0 aromatic heterocycles. The van der Waals surface area contributed by atoms with Gasteiger partial charge in [-0.05, 0) is 32.6 Å². The fourth-order valence-electron chi connectivity index (χ4n) is 1.70. The Bertz CT molecular complexity index is 148. The van der Waals surface area contributed by atoms with Crippen LogP contribution in [0.2, 0.25) is 0 Å². The average Bonchev–Trinajstić information content (AvgIpc) is 2.96. The largest absolute Gasteiger partial charge is 0.383 e. The first-order valence-corrected chi connectivity index (χ1v) is 5.61. The third-order valence-corrected chi connectivity index (χ3v) is 2.66. The third-order valence-electron chi connectivity index (χ3n) is 2.66. The lowest BCUT2D eigenvalue weighted by molar-refractivity contribution is 0.0682. The smallest absolute Gasteiger partial charge is 0.0671 e. The Balaban J connectivity index is 2.12. The van der Waals surface area contributed by atoms with E-state index in [1.165, 1.54) is 12.8 Å². The van der Waals surface area contributed by atoms with Crippen molar-refractivity contribution >= 4 is 0 Å². The van der Waals surface area contributed by atoms with Gasteiger partial charge in [0.15, 0.2) is 0 Å². The number of nitrogens with one attached hydrogen (secondary N) is 1. The number of ether oxygens (including phenoxy) is 2. The van der Waals surface area contributed by atoms with Crippen molar-refractivity contribution in [3.63, 3.8) is 0 Å². The summed E-state index contributed by atoms with van der Waals surface area (Å²) in [6.07, 6.45) is 3.01. The van der Waals surface area contributed by atoms with Gasteiger partial charge in [-0.1, -0.05) is 0 Å². The highest BCUT2D eigenvalue weighted by Crippen LogP contribution is 2.32. The van der Waals surface area contributed by atoms with Gasteiger partial charge in [-0.25, -0.2) is 0 Å². The van der Waals surface area contributed by atoms with E-state index in [2.05, 4.69) is 12.2 Å². The van der Waals surface area contributed by atoms with Crippen LogP contribution in [-0.4, -0.2) is 39.0 Å². The molecule has 1 fully saturated rings. The zero-order valence-electron chi connectivity index (χ0n) is 9.58.